The highest BCUT2D eigenvalue weighted by molar-refractivity contribution is 6.31. The van der Waals surface area contributed by atoms with Gasteiger partial charge in [-0.05, 0) is 18.2 Å². The van der Waals surface area contributed by atoms with Gasteiger partial charge in [0.15, 0.2) is 0 Å². The summed E-state index contributed by atoms with van der Waals surface area (Å²) in [6.45, 7) is 0. The monoisotopic (exact) mass is 167 g/mol. The Morgan fingerprint density at radius 2 is 2.27 bits per heavy atom. The van der Waals surface area contributed by atoms with Crippen LogP contribution in [0.5, 0.6) is 0 Å². The molecule has 1 aromatic rings. The minimum atomic E-state index is -0.239. The Hall–Kier alpha value is -1.22. The van der Waals surface area contributed by atoms with Crippen molar-refractivity contribution in [2.75, 3.05) is 5.43 Å². The number of anilines is 1. The molecule has 1 aliphatic rings. The molecule has 0 unspecified atom stereocenters. The third kappa shape index (κ3) is 0.935. The molecule has 3 nitrogen and oxygen atoms in total. The van der Waals surface area contributed by atoms with Crippen molar-refractivity contribution in [3.8, 4) is 0 Å². The summed E-state index contributed by atoms with van der Waals surface area (Å²) in [6.07, 6.45) is 0. The van der Waals surface area contributed by atoms with E-state index in [0.29, 0.717) is 16.3 Å². The summed E-state index contributed by atoms with van der Waals surface area (Å²) in [4.78, 5) is 10.9. The van der Waals surface area contributed by atoms with Crippen LogP contribution in [0.15, 0.2) is 18.2 Å². The summed E-state index contributed by atoms with van der Waals surface area (Å²) in [6, 6.07) is 5.00. The number of benzene rings is 1. The smallest absolute Gasteiger partial charge is 0.274 e. The standard InChI is InChI=1S/C7H4ClN2O/c8-4-1-2-5-6(3-4)9-10-7(5)11/h1-3,9H. The molecule has 1 amide bonds. The number of nitrogens with zero attached hydrogens (tertiary/aromatic N) is 1. The Morgan fingerprint density at radius 3 is 3.09 bits per heavy atom. The van der Waals surface area contributed by atoms with Crippen molar-refractivity contribution in [1.82, 2.24) is 5.43 Å². The lowest BCUT2D eigenvalue weighted by Crippen LogP contribution is -2.10. The Morgan fingerprint density at radius 1 is 1.45 bits per heavy atom. The Balaban J connectivity index is 2.59. The van der Waals surface area contributed by atoms with E-state index in [2.05, 4.69) is 10.9 Å². The van der Waals surface area contributed by atoms with Gasteiger partial charge in [-0.25, -0.2) is 0 Å². The van der Waals surface area contributed by atoms with Gasteiger partial charge in [0.05, 0.1) is 11.3 Å². The number of halogens is 1. The molecule has 1 N–H and O–H groups in total. The van der Waals surface area contributed by atoms with Crippen molar-refractivity contribution in [1.29, 1.82) is 0 Å². The van der Waals surface area contributed by atoms with Gasteiger partial charge in [0, 0.05) is 5.02 Å². The molecule has 4 heteroatoms. The first-order valence-corrected chi connectivity index (χ1v) is 3.46. The molecule has 0 spiro atoms. The summed E-state index contributed by atoms with van der Waals surface area (Å²) < 4.78 is 0. The second-order valence-corrected chi connectivity index (χ2v) is 2.66. The highest BCUT2D eigenvalue weighted by Crippen LogP contribution is 2.23. The first-order chi connectivity index (χ1) is 5.27. The zero-order chi connectivity index (χ0) is 7.84. The Labute approximate surface area is 68.3 Å². The second-order valence-electron chi connectivity index (χ2n) is 2.22. The lowest BCUT2D eigenvalue weighted by atomic mass is 10.2. The van der Waals surface area contributed by atoms with Gasteiger partial charge in [-0.3, -0.25) is 10.2 Å². The van der Waals surface area contributed by atoms with Crippen molar-refractivity contribution in [3.63, 3.8) is 0 Å². The van der Waals surface area contributed by atoms with Crippen LogP contribution in [0.4, 0.5) is 5.69 Å². The number of nitrogens with one attached hydrogen (secondary N) is 1. The molecule has 0 saturated carbocycles. The quantitative estimate of drug-likeness (QED) is 0.635. The summed E-state index contributed by atoms with van der Waals surface area (Å²) in [7, 11) is 0. The molecule has 0 bridgehead atoms. The third-order valence-electron chi connectivity index (χ3n) is 1.49. The van der Waals surface area contributed by atoms with Crippen LogP contribution in [0.1, 0.15) is 10.4 Å². The molecule has 2 rings (SSSR count). The zero-order valence-electron chi connectivity index (χ0n) is 5.47. The van der Waals surface area contributed by atoms with Gasteiger partial charge in [-0.15, -0.1) is 5.43 Å². The minimum absolute atomic E-state index is 0.239. The fourth-order valence-electron chi connectivity index (χ4n) is 0.967. The van der Waals surface area contributed by atoms with Crippen molar-refractivity contribution in [2.24, 2.45) is 0 Å². The van der Waals surface area contributed by atoms with E-state index >= 15 is 0 Å². The molecule has 0 fully saturated rings. The summed E-state index contributed by atoms with van der Waals surface area (Å²) in [5.74, 6) is -0.239. The van der Waals surface area contributed by atoms with Gasteiger partial charge in [0.2, 0.25) is 0 Å². The van der Waals surface area contributed by atoms with Crippen molar-refractivity contribution < 1.29 is 4.79 Å². The largest absolute Gasteiger partial charge is 0.295 e. The lowest BCUT2D eigenvalue weighted by Gasteiger charge is -1.94. The number of rotatable bonds is 0. The molecular formula is C7H4ClN2O. The predicted octanol–water partition coefficient (Wildman–Crippen LogP) is 1.43. The molecule has 0 aliphatic carbocycles. The van der Waals surface area contributed by atoms with E-state index in [0.717, 1.165) is 0 Å². The van der Waals surface area contributed by atoms with Crippen LogP contribution in [0.2, 0.25) is 5.02 Å². The van der Waals surface area contributed by atoms with Crippen LogP contribution in [0.3, 0.4) is 0 Å². The molecule has 1 aliphatic heterocycles. The van der Waals surface area contributed by atoms with Gasteiger partial charge in [-0.1, -0.05) is 11.6 Å². The summed E-state index contributed by atoms with van der Waals surface area (Å²) >= 11 is 5.68. The average molecular weight is 168 g/mol. The number of carbonyl (C=O) groups is 1. The number of fused-ring (bicyclic) bond motifs is 1. The average Bonchev–Trinajstić information content (AvgIpc) is 2.32. The van der Waals surface area contributed by atoms with Crippen LogP contribution in [-0.2, 0) is 0 Å². The number of hydrogen-bond donors (Lipinski definition) is 1. The van der Waals surface area contributed by atoms with Crippen LogP contribution < -0.4 is 10.9 Å². The van der Waals surface area contributed by atoms with Crippen molar-refractivity contribution >= 4 is 23.2 Å². The fourth-order valence-corrected chi connectivity index (χ4v) is 1.14. The number of amides is 1. The molecule has 55 valence electrons. The molecule has 0 aromatic heterocycles. The summed E-state index contributed by atoms with van der Waals surface area (Å²) in [5, 5.41) is 0.598. The van der Waals surface area contributed by atoms with E-state index in [-0.39, 0.29) is 5.91 Å². The predicted molar refractivity (Wildman–Crippen MR) is 41.5 cm³/mol. The molecule has 1 heterocycles. The number of carbonyl (C=O) groups excluding carboxylic acids is 1. The molecule has 1 radical (unpaired) electrons. The van der Waals surface area contributed by atoms with E-state index in [9.17, 15) is 4.79 Å². The van der Waals surface area contributed by atoms with E-state index in [1.807, 2.05) is 0 Å². The summed E-state index contributed by atoms with van der Waals surface area (Å²) in [5.41, 5.74) is 7.34. The molecule has 0 saturated heterocycles. The highest BCUT2D eigenvalue weighted by Gasteiger charge is 2.19. The van der Waals surface area contributed by atoms with Crippen LogP contribution in [0.25, 0.3) is 0 Å². The second kappa shape index (κ2) is 2.13. The van der Waals surface area contributed by atoms with Crippen molar-refractivity contribution in [2.45, 2.75) is 0 Å². The maximum absolute atomic E-state index is 10.9. The first kappa shape index (κ1) is 6.49. The van der Waals surface area contributed by atoms with E-state index < -0.39 is 0 Å². The normalized spacial score (nSPS) is 13.7. The van der Waals surface area contributed by atoms with E-state index in [4.69, 9.17) is 11.6 Å². The zero-order valence-corrected chi connectivity index (χ0v) is 6.22. The van der Waals surface area contributed by atoms with E-state index in [1.165, 1.54) is 0 Å². The molecule has 1 aromatic carbocycles. The number of hydrogen-bond acceptors (Lipinski definition) is 2. The fraction of sp³-hybridized carbons (Fsp3) is 0. The minimum Gasteiger partial charge on any atom is -0.274 e. The molecule has 11 heavy (non-hydrogen) atoms. The molecule has 0 atom stereocenters. The van der Waals surface area contributed by atoms with E-state index in [1.54, 1.807) is 18.2 Å². The van der Waals surface area contributed by atoms with Gasteiger partial charge in [0.25, 0.3) is 5.91 Å². The van der Waals surface area contributed by atoms with Gasteiger partial charge < -0.3 is 0 Å². The van der Waals surface area contributed by atoms with Crippen LogP contribution in [0, 0.1) is 0 Å². The van der Waals surface area contributed by atoms with Gasteiger partial charge in [-0.2, -0.15) is 0 Å². The van der Waals surface area contributed by atoms with Crippen LogP contribution in [-0.4, -0.2) is 5.91 Å². The van der Waals surface area contributed by atoms with Crippen molar-refractivity contribution in [3.05, 3.63) is 28.8 Å². The third-order valence-corrected chi connectivity index (χ3v) is 1.73. The Kier molecular flexibility index (Phi) is 1.26. The van der Waals surface area contributed by atoms with Crippen LogP contribution >= 0.6 is 11.6 Å². The molecular weight excluding hydrogens is 164 g/mol. The highest BCUT2D eigenvalue weighted by atomic mass is 35.5. The first-order valence-electron chi connectivity index (χ1n) is 3.08. The SMILES string of the molecule is O=C1[N]Nc2cc(Cl)ccc21. The maximum Gasteiger partial charge on any atom is 0.295 e. The van der Waals surface area contributed by atoms with Gasteiger partial charge >= 0.3 is 0 Å². The topological polar surface area (TPSA) is 43.2 Å². The lowest BCUT2D eigenvalue weighted by molar-refractivity contribution is 0.0969. The maximum atomic E-state index is 10.9. The Bertz CT molecular complexity index is 324. The van der Waals surface area contributed by atoms with Gasteiger partial charge in [0.1, 0.15) is 0 Å².